The van der Waals surface area contributed by atoms with E-state index in [-0.39, 0.29) is 11.4 Å². The Kier molecular flexibility index (Phi) is 3.02. The van der Waals surface area contributed by atoms with Crippen molar-refractivity contribution in [2.75, 3.05) is 0 Å². The lowest BCUT2D eigenvalue weighted by Crippen LogP contribution is -2.52. The predicted molar refractivity (Wildman–Crippen MR) is 88.5 cm³/mol. The van der Waals surface area contributed by atoms with Gasteiger partial charge in [0.1, 0.15) is 0 Å². The highest BCUT2D eigenvalue weighted by Gasteiger charge is 2.74. The first-order chi connectivity index (χ1) is 10.2. The van der Waals surface area contributed by atoms with E-state index in [0.29, 0.717) is 22.9 Å². The number of hydrogen-bond acceptors (Lipinski definition) is 2. The summed E-state index contributed by atoms with van der Waals surface area (Å²) >= 11 is 0. The molecule has 3 saturated carbocycles. The largest absolute Gasteiger partial charge is 0.344 e. The Labute approximate surface area is 136 Å². The van der Waals surface area contributed by atoms with Gasteiger partial charge in [-0.2, -0.15) is 0 Å². The predicted octanol–water partition coefficient (Wildman–Crippen LogP) is 5.16. The minimum absolute atomic E-state index is 0.0806. The van der Waals surface area contributed by atoms with Crippen LogP contribution in [0.1, 0.15) is 80.1 Å². The molecule has 1 saturated heterocycles. The maximum absolute atomic E-state index is 6.72. The van der Waals surface area contributed by atoms with E-state index < -0.39 is 0 Å². The van der Waals surface area contributed by atoms with E-state index in [2.05, 4.69) is 41.5 Å². The average molecular weight is 306 g/mol. The zero-order chi connectivity index (χ0) is 16.0. The molecule has 0 amide bonds. The molecular weight excluding hydrogens is 272 g/mol. The van der Waals surface area contributed by atoms with Crippen molar-refractivity contribution in [1.29, 1.82) is 0 Å². The molecule has 3 aliphatic carbocycles. The van der Waals surface area contributed by atoms with Crippen molar-refractivity contribution in [2.24, 2.45) is 28.6 Å². The number of fused-ring (bicyclic) bond motifs is 3. The van der Waals surface area contributed by atoms with E-state index in [1.807, 2.05) is 0 Å². The van der Waals surface area contributed by atoms with Crippen molar-refractivity contribution < 1.29 is 9.47 Å². The molecule has 2 bridgehead atoms. The molecule has 4 rings (SSSR count). The van der Waals surface area contributed by atoms with Gasteiger partial charge in [-0.25, -0.2) is 0 Å². The molecule has 0 aromatic heterocycles. The summed E-state index contributed by atoms with van der Waals surface area (Å²) in [5.41, 5.74) is 0.830. The van der Waals surface area contributed by atoms with Gasteiger partial charge >= 0.3 is 0 Å². The van der Waals surface area contributed by atoms with E-state index in [1.165, 1.54) is 25.7 Å². The summed E-state index contributed by atoms with van der Waals surface area (Å²) in [5, 5.41) is 0. The summed E-state index contributed by atoms with van der Waals surface area (Å²) in [4.78, 5) is 0. The molecule has 0 radical (unpaired) electrons. The fourth-order valence-electron chi connectivity index (χ4n) is 7.47. The molecule has 1 spiro atoms. The second-order valence-corrected chi connectivity index (χ2v) is 9.82. The highest BCUT2D eigenvalue weighted by Crippen LogP contribution is 2.75. The van der Waals surface area contributed by atoms with Crippen LogP contribution in [0.3, 0.4) is 0 Å². The Balaban J connectivity index is 1.75. The first-order valence-corrected chi connectivity index (χ1v) is 9.56. The van der Waals surface area contributed by atoms with Crippen molar-refractivity contribution in [2.45, 2.75) is 97.6 Å². The van der Waals surface area contributed by atoms with Gasteiger partial charge in [-0.05, 0) is 68.1 Å². The molecule has 0 unspecified atom stereocenters. The van der Waals surface area contributed by atoms with Crippen molar-refractivity contribution in [3.05, 3.63) is 0 Å². The molecular formula is C20H34O2. The molecule has 0 N–H and O–H groups in total. The van der Waals surface area contributed by atoms with Crippen molar-refractivity contribution in [3.8, 4) is 0 Å². The van der Waals surface area contributed by atoms with Gasteiger partial charge in [0.05, 0.1) is 11.7 Å². The zero-order valence-corrected chi connectivity index (χ0v) is 15.4. The Bertz CT molecular complexity index is 486. The SMILES string of the molecule is CCC[C@@]1(C)O[C@H]2C[C@@]34C[C@@H](C(C)(C)[C@@H]3CC[C@H]4C)[C@@]2(C)O1. The molecule has 2 heteroatoms. The van der Waals surface area contributed by atoms with Gasteiger partial charge in [-0.1, -0.05) is 34.1 Å². The van der Waals surface area contributed by atoms with Crippen molar-refractivity contribution in [3.63, 3.8) is 0 Å². The van der Waals surface area contributed by atoms with Crippen LogP contribution in [0.25, 0.3) is 0 Å². The summed E-state index contributed by atoms with van der Waals surface area (Å²) in [6.07, 6.45) is 7.86. The summed E-state index contributed by atoms with van der Waals surface area (Å²) in [5.74, 6) is 2.01. The number of ether oxygens (including phenoxy) is 2. The van der Waals surface area contributed by atoms with E-state index in [9.17, 15) is 0 Å². The summed E-state index contributed by atoms with van der Waals surface area (Å²) in [7, 11) is 0. The Morgan fingerprint density at radius 2 is 1.73 bits per heavy atom. The van der Waals surface area contributed by atoms with E-state index in [1.54, 1.807) is 0 Å². The highest BCUT2D eigenvalue weighted by atomic mass is 16.8. The molecule has 2 nitrogen and oxygen atoms in total. The van der Waals surface area contributed by atoms with Gasteiger partial charge in [0.15, 0.2) is 5.79 Å². The van der Waals surface area contributed by atoms with Crippen LogP contribution in [-0.4, -0.2) is 17.5 Å². The fraction of sp³-hybridized carbons (Fsp3) is 1.00. The fourth-order valence-corrected chi connectivity index (χ4v) is 7.47. The summed E-state index contributed by atoms with van der Waals surface area (Å²) in [6.45, 7) is 14.3. The molecule has 1 heterocycles. The van der Waals surface area contributed by atoms with Gasteiger partial charge in [-0.3, -0.25) is 0 Å². The van der Waals surface area contributed by atoms with Crippen LogP contribution in [0.5, 0.6) is 0 Å². The van der Waals surface area contributed by atoms with Crippen LogP contribution in [0.2, 0.25) is 0 Å². The molecule has 0 aromatic carbocycles. The van der Waals surface area contributed by atoms with Crippen LogP contribution in [0.15, 0.2) is 0 Å². The minimum Gasteiger partial charge on any atom is -0.344 e. The Morgan fingerprint density at radius 1 is 1.00 bits per heavy atom. The second-order valence-electron chi connectivity index (χ2n) is 9.82. The molecule has 22 heavy (non-hydrogen) atoms. The van der Waals surface area contributed by atoms with Gasteiger partial charge in [-0.15, -0.1) is 0 Å². The van der Waals surface area contributed by atoms with Crippen LogP contribution >= 0.6 is 0 Å². The first-order valence-electron chi connectivity index (χ1n) is 9.56. The standard InChI is InChI=1S/C20H34O2/c1-7-10-18(5)21-16-12-20-11-15(19(16,6)22-18)17(3,4)14(20)9-8-13(20)2/h13-16H,7-12H2,1-6H3/t13-,14+,15+,16+,18+,19-,20-/m1/s1. The van der Waals surface area contributed by atoms with E-state index in [4.69, 9.17) is 9.47 Å². The summed E-state index contributed by atoms with van der Waals surface area (Å²) < 4.78 is 13.3. The molecule has 7 atom stereocenters. The minimum atomic E-state index is -0.358. The third-order valence-corrected chi connectivity index (χ3v) is 8.37. The molecule has 4 aliphatic rings. The highest BCUT2D eigenvalue weighted by molar-refractivity contribution is 5.21. The van der Waals surface area contributed by atoms with Gasteiger partial charge < -0.3 is 9.47 Å². The van der Waals surface area contributed by atoms with Crippen LogP contribution in [0.4, 0.5) is 0 Å². The maximum atomic E-state index is 6.72. The van der Waals surface area contributed by atoms with Crippen LogP contribution < -0.4 is 0 Å². The number of rotatable bonds is 2. The third-order valence-electron chi connectivity index (χ3n) is 8.37. The first kappa shape index (κ1) is 15.4. The molecule has 126 valence electrons. The van der Waals surface area contributed by atoms with E-state index >= 15 is 0 Å². The van der Waals surface area contributed by atoms with E-state index in [0.717, 1.165) is 24.7 Å². The Morgan fingerprint density at radius 3 is 2.41 bits per heavy atom. The van der Waals surface area contributed by atoms with Crippen molar-refractivity contribution >= 4 is 0 Å². The number of hydrogen-bond donors (Lipinski definition) is 0. The second kappa shape index (κ2) is 4.30. The smallest absolute Gasteiger partial charge is 0.166 e. The summed E-state index contributed by atoms with van der Waals surface area (Å²) in [6, 6.07) is 0. The lowest BCUT2D eigenvalue weighted by molar-refractivity contribution is -0.193. The normalized spacial score (nSPS) is 58.6. The molecule has 0 aromatic rings. The topological polar surface area (TPSA) is 18.5 Å². The maximum Gasteiger partial charge on any atom is 0.166 e. The molecule has 1 aliphatic heterocycles. The van der Waals surface area contributed by atoms with Crippen LogP contribution in [-0.2, 0) is 9.47 Å². The Hall–Kier alpha value is -0.0800. The quantitative estimate of drug-likeness (QED) is 0.701. The zero-order valence-electron chi connectivity index (χ0n) is 15.4. The lowest BCUT2D eigenvalue weighted by atomic mass is 9.63. The monoisotopic (exact) mass is 306 g/mol. The van der Waals surface area contributed by atoms with Gasteiger partial charge in [0.25, 0.3) is 0 Å². The van der Waals surface area contributed by atoms with Crippen molar-refractivity contribution in [1.82, 2.24) is 0 Å². The molecule has 4 fully saturated rings. The van der Waals surface area contributed by atoms with Gasteiger partial charge in [0.2, 0.25) is 0 Å². The average Bonchev–Trinajstić information content (AvgIpc) is 2.92. The lowest BCUT2D eigenvalue weighted by Gasteiger charge is -2.47. The third kappa shape index (κ3) is 1.64. The van der Waals surface area contributed by atoms with Crippen LogP contribution in [0, 0.1) is 28.6 Å². The van der Waals surface area contributed by atoms with Gasteiger partial charge in [0, 0.05) is 6.42 Å².